The fourth-order valence-electron chi connectivity index (χ4n) is 4.67. The van der Waals surface area contributed by atoms with E-state index in [1.807, 2.05) is 23.3 Å². The number of carbonyl (C=O) groups excluding carboxylic acids is 1. The van der Waals surface area contributed by atoms with E-state index in [1.165, 1.54) is 37.9 Å². The van der Waals surface area contributed by atoms with E-state index in [0.717, 1.165) is 61.4 Å². The van der Waals surface area contributed by atoms with Crippen molar-refractivity contribution in [2.24, 2.45) is 0 Å². The van der Waals surface area contributed by atoms with Gasteiger partial charge in [-0.05, 0) is 81.8 Å². The molecule has 1 aromatic carbocycles. The van der Waals surface area contributed by atoms with Crippen LogP contribution in [0.4, 0.5) is 0 Å². The Morgan fingerprint density at radius 2 is 1.90 bits per heavy atom. The van der Waals surface area contributed by atoms with Crippen LogP contribution in [0.3, 0.4) is 0 Å². The van der Waals surface area contributed by atoms with Crippen LogP contribution < -0.4 is 0 Å². The van der Waals surface area contributed by atoms with Crippen LogP contribution in [0, 0.1) is 0 Å². The number of carbonyl (C=O) groups is 1. The number of H-pyrrole nitrogens is 1. The molecule has 158 valence electrons. The highest BCUT2D eigenvalue weighted by Crippen LogP contribution is 2.24. The smallest absolute Gasteiger partial charge is 0.357 e. The molecule has 2 aliphatic rings. The molecule has 0 bridgehead atoms. The van der Waals surface area contributed by atoms with Gasteiger partial charge in [0.1, 0.15) is 0 Å². The second-order valence-corrected chi connectivity index (χ2v) is 9.15. The van der Waals surface area contributed by atoms with Gasteiger partial charge in [0.2, 0.25) is 0 Å². The maximum atomic E-state index is 12.7. The lowest BCUT2D eigenvalue weighted by Crippen LogP contribution is -2.47. The lowest BCUT2D eigenvalue weighted by atomic mass is 10.0. The Morgan fingerprint density at radius 1 is 1.10 bits per heavy atom. The summed E-state index contributed by atoms with van der Waals surface area (Å²) in [6.07, 6.45) is 11.6. The van der Waals surface area contributed by atoms with Crippen LogP contribution in [0.1, 0.15) is 60.9 Å². The van der Waals surface area contributed by atoms with Crippen LogP contribution in [0.5, 0.6) is 0 Å². The fraction of sp³-hybridized carbons (Fsp3) is 0.609. The number of hydrogen-bond donors (Lipinski definition) is 1. The number of nitrogens with zero attached hydrogens (tertiary/aromatic N) is 2. The molecule has 4 rings (SSSR count). The molecule has 2 aliphatic heterocycles. The maximum Gasteiger partial charge on any atom is 0.357 e. The molecule has 3 heterocycles. The van der Waals surface area contributed by atoms with E-state index in [4.69, 9.17) is 4.84 Å². The highest BCUT2D eigenvalue weighted by molar-refractivity contribution is 9.09. The van der Waals surface area contributed by atoms with Crippen LogP contribution in [0.15, 0.2) is 24.4 Å². The van der Waals surface area contributed by atoms with Crippen molar-refractivity contribution in [1.82, 2.24) is 14.9 Å². The van der Waals surface area contributed by atoms with Crippen molar-refractivity contribution in [2.75, 3.05) is 31.5 Å². The molecular weight excluding hydrogens is 430 g/mol. The average Bonchev–Trinajstić information content (AvgIpc) is 3.17. The minimum atomic E-state index is -0.240. The summed E-state index contributed by atoms with van der Waals surface area (Å²) >= 11 is 3.49. The van der Waals surface area contributed by atoms with E-state index >= 15 is 0 Å². The average molecular weight is 462 g/mol. The zero-order valence-electron chi connectivity index (χ0n) is 17.2. The zero-order valence-corrected chi connectivity index (χ0v) is 18.8. The molecule has 2 fully saturated rings. The Bertz CT molecular complexity index is 808. The molecule has 0 spiro atoms. The van der Waals surface area contributed by atoms with Crippen molar-refractivity contribution >= 4 is 32.8 Å². The molecular formula is C23H32BrN3O2. The van der Waals surface area contributed by atoms with Gasteiger partial charge in [0, 0.05) is 41.6 Å². The molecule has 0 atom stereocenters. The third-order valence-corrected chi connectivity index (χ3v) is 6.94. The van der Waals surface area contributed by atoms with E-state index in [0.29, 0.717) is 11.6 Å². The number of aromatic amines is 1. The van der Waals surface area contributed by atoms with E-state index in [2.05, 4.69) is 32.0 Å². The van der Waals surface area contributed by atoms with Gasteiger partial charge in [-0.15, -0.1) is 5.06 Å². The number of unbranched alkanes of at least 4 members (excludes halogenated alkanes) is 1. The molecule has 2 saturated heterocycles. The van der Waals surface area contributed by atoms with E-state index in [1.54, 1.807) is 0 Å². The zero-order chi connectivity index (χ0) is 20.1. The number of likely N-dealkylation sites (tertiary alicyclic amines) is 1. The quantitative estimate of drug-likeness (QED) is 0.470. The first-order chi connectivity index (χ1) is 14.2. The SMILES string of the molecule is O=C(ON1CCC(N2CCCCC2)CC1)c1ccc2[nH]cc(CCCCBr)c2c1. The van der Waals surface area contributed by atoms with Gasteiger partial charge in [-0.2, -0.15) is 0 Å². The van der Waals surface area contributed by atoms with Crippen molar-refractivity contribution < 1.29 is 9.63 Å². The van der Waals surface area contributed by atoms with Gasteiger partial charge in [-0.3, -0.25) is 0 Å². The second kappa shape index (κ2) is 10.1. The largest absolute Gasteiger partial charge is 0.364 e. The predicted octanol–water partition coefficient (Wildman–Crippen LogP) is 4.91. The minimum Gasteiger partial charge on any atom is -0.364 e. The molecule has 0 amide bonds. The third-order valence-electron chi connectivity index (χ3n) is 6.38. The van der Waals surface area contributed by atoms with Gasteiger partial charge < -0.3 is 14.7 Å². The summed E-state index contributed by atoms with van der Waals surface area (Å²) < 4.78 is 0. The maximum absolute atomic E-state index is 12.7. The van der Waals surface area contributed by atoms with Crippen LogP contribution in [0.2, 0.25) is 0 Å². The van der Waals surface area contributed by atoms with Gasteiger partial charge in [-0.25, -0.2) is 4.79 Å². The van der Waals surface area contributed by atoms with Gasteiger partial charge >= 0.3 is 5.97 Å². The first-order valence-electron chi connectivity index (χ1n) is 11.1. The van der Waals surface area contributed by atoms with Crippen molar-refractivity contribution in [3.8, 4) is 0 Å². The van der Waals surface area contributed by atoms with Crippen molar-refractivity contribution in [2.45, 2.75) is 57.4 Å². The van der Waals surface area contributed by atoms with Gasteiger partial charge in [-0.1, -0.05) is 22.4 Å². The number of benzene rings is 1. The summed E-state index contributed by atoms with van der Waals surface area (Å²) in [5.41, 5.74) is 2.99. The molecule has 1 aromatic heterocycles. The monoisotopic (exact) mass is 461 g/mol. The van der Waals surface area contributed by atoms with Gasteiger partial charge in [0.15, 0.2) is 0 Å². The predicted molar refractivity (Wildman–Crippen MR) is 120 cm³/mol. The molecule has 1 N–H and O–H groups in total. The molecule has 6 heteroatoms. The Morgan fingerprint density at radius 3 is 2.66 bits per heavy atom. The number of halogens is 1. The topological polar surface area (TPSA) is 48.6 Å². The number of hydroxylamine groups is 2. The van der Waals surface area contributed by atoms with Gasteiger partial charge in [0.05, 0.1) is 5.56 Å². The number of aryl methyl sites for hydroxylation is 1. The number of piperidine rings is 2. The van der Waals surface area contributed by atoms with E-state index in [9.17, 15) is 4.79 Å². The summed E-state index contributed by atoms with van der Waals surface area (Å²) in [5, 5.41) is 4.03. The van der Waals surface area contributed by atoms with Crippen LogP contribution in [-0.4, -0.2) is 58.5 Å². The highest BCUT2D eigenvalue weighted by atomic mass is 79.9. The van der Waals surface area contributed by atoms with Crippen LogP contribution in [0.25, 0.3) is 10.9 Å². The third kappa shape index (κ3) is 5.22. The summed E-state index contributed by atoms with van der Waals surface area (Å²) in [6, 6.07) is 6.49. The first kappa shape index (κ1) is 20.9. The number of fused-ring (bicyclic) bond motifs is 1. The Hall–Kier alpha value is -1.37. The summed E-state index contributed by atoms with van der Waals surface area (Å²) in [4.78, 5) is 24.4. The minimum absolute atomic E-state index is 0.240. The summed E-state index contributed by atoms with van der Waals surface area (Å²) in [7, 11) is 0. The van der Waals surface area contributed by atoms with Crippen LogP contribution >= 0.6 is 15.9 Å². The van der Waals surface area contributed by atoms with E-state index < -0.39 is 0 Å². The van der Waals surface area contributed by atoms with Crippen molar-refractivity contribution in [3.05, 3.63) is 35.5 Å². The Labute approximate surface area is 181 Å². The number of rotatable bonds is 7. The standard InChI is InChI=1S/C23H32BrN3O2/c24-11-3-2-6-19-17-25-22-8-7-18(16-21(19)22)23(28)29-27-14-9-20(10-15-27)26-12-4-1-5-13-26/h7-8,16-17,20,25H,1-6,9-15H2. The fourth-order valence-corrected chi connectivity index (χ4v) is 5.07. The lowest BCUT2D eigenvalue weighted by molar-refractivity contribution is -0.129. The number of alkyl halides is 1. The molecule has 0 aliphatic carbocycles. The lowest BCUT2D eigenvalue weighted by Gasteiger charge is -2.39. The molecule has 0 unspecified atom stereocenters. The molecule has 5 nitrogen and oxygen atoms in total. The normalized spacial score (nSPS) is 19.6. The number of hydrogen-bond acceptors (Lipinski definition) is 4. The molecule has 0 radical (unpaired) electrons. The Balaban J connectivity index is 1.33. The summed E-state index contributed by atoms with van der Waals surface area (Å²) in [5.74, 6) is -0.240. The summed E-state index contributed by atoms with van der Waals surface area (Å²) in [6.45, 7) is 4.13. The highest BCUT2D eigenvalue weighted by Gasteiger charge is 2.27. The number of nitrogens with one attached hydrogen (secondary N) is 1. The number of aromatic nitrogens is 1. The molecule has 2 aromatic rings. The Kier molecular flexibility index (Phi) is 7.27. The van der Waals surface area contributed by atoms with E-state index in [-0.39, 0.29) is 5.97 Å². The first-order valence-corrected chi connectivity index (χ1v) is 12.2. The second-order valence-electron chi connectivity index (χ2n) is 8.36. The van der Waals surface area contributed by atoms with Crippen molar-refractivity contribution in [3.63, 3.8) is 0 Å². The molecule has 0 saturated carbocycles. The molecule has 29 heavy (non-hydrogen) atoms. The van der Waals surface area contributed by atoms with Gasteiger partial charge in [0.25, 0.3) is 0 Å². The van der Waals surface area contributed by atoms with Crippen molar-refractivity contribution in [1.29, 1.82) is 0 Å². The van der Waals surface area contributed by atoms with Crippen LogP contribution in [-0.2, 0) is 11.3 Å².